The van der Waals surface area contributed by atoms with E-state index in [0.717, 1.165) is 26.5 Å². The van der Waals surface area contributed by atoms with Crippen molar-refractivity contribution in [3.05, 3.63) is 99.7 Å². The van der Waals surface area contributed by atoms with E-state index in [9.17, 15) is 67.7 Å². The topological polar surface area (TPSA) is 587 Å². The molecule has 0 radical (unpaired) electrons. The second-order valence-electron chi connectivity index (χ2n) is 25.5. The third kappa shape index (κ3) is 28.4. The summed E-state index contributed by atoms with van der Waals surface area (Å²) in [5.41, 5.74) is 35.8. The van der Waals surface area contributed by atoms with Crippen LogP contribution in [0, 0.1) is 5.92 Å². The van der Waals surface area contributed by atoms with Crippen LogP contribution in [-0.2, 0) is 86.4 Å². The minimum atomic E-state index is -1.75. The van der Waals surface area contributed by atoms with Crippen molar-refractivity contribution in [2.24, 2.45) is 45.3 Å². The summed E-state index contributed by atoms with van der Waals surface area (Å²) in [6, 6.07) is 2.76. The molecule has 1 saturated carbocycles. The predicted molar refractivity (Wildman–Crippen MR) is 400 cm³/mol. The Bertz CT molecular complexity index is 3850. The number of aliphatic imine (C=N–C) groups is 1. The molecule has 582 valence electrons. The highest BCUT2D eigenvalue weighted by atomic mass is 35.5. The zero-order chi connectivity index (χ0) is 78.3. The van der Waals surface area contributed by atoms with Crippen LogP contribution in [0.1, 0.15) is 93.7 Å². The maximum absolute atomic E-state index is 15.3. The fraction of sp³-hybridized carbons (Fsp3) is 0.485. The van der Waals surface area contributed by atoms with Gasteiger partial charge in [0.25, 0.3) is 0 Å². The fourth-order valence-electron chi connectivity index (χ4n) is 11.8. The molecule has 1 saturated heterocycles. The number of carboxylic acids is 1. The number of fused-ring (bicyclic) bond motifs is 1. The minimum Gasteiger partial charge on any atom is -0.508 e. The number of phenolic OH excluding ortho intramolecular Hbond substituents is 1. The molecule has 4 aromatic rings. The first kappa shape index (κ1) is 86.0. The Morgan fingerprint density at radius 1 is 0.654 bits per heavy atom. The number of carbonyl (C=O) groups excluding carboxylic acids is 13. The zero-order valence-corrected chi connectivity index (χ0v) is 61.7. The van der Waals surface area contributed by atoms with Crippen LogP contribution in [-0.4, -0.2) is 214 Å². The molecule has 3 aromatic carbocycles. The van der Waals surface area contributed by atoms with Crippen molar-refractivity contribution in [3.63, 3.8) is 0 Å². The van der Waals surface area contributed by atoms with Crippen LogP contribution in [0.25, 0.3) is 10.9 Å². The van der Waals surface area contributed by atoms with E-state index in [-0.39, 0.29) is 92.0 Å². The number of carbonyl (C=O) groups is 14. The van der Waals surface area contributed by atoms with Gasteiger partial charge in [-0.15, -0.1) is 0 Å². The maximum Gasteiger partial charge on any atom is 0.303 e. The Morgan fingerprint density at radius 3 is 1.93 bits per heavy atom. The number of amides is 13. The van der Waals surface area contributed by atoms with Crippen LogP contribution in [0.5, 0.6) is 5.75 Å². The summed E-state index contributed by atoms with van der Waals surface area (Å²) >= 11 is 13.2. The van der Waals surface area contributed by atoms with Crippen molar-refractivity contribution in [3.8, 4) is 5.75 Å². The molecule has 6 rings (SSSR count). The van der Waals surface area contributed by atoms with Gasteiger partial charge < -0.3 is 108 Å². The second-order valence-corrected chi connectivity index (χ2v) is 28.9. The summed E-state index contributed by atoms with van der Waals surface area (Å²) in [7, 11) is 1.69. The molecule has 1 aliphatic carbocycles. The first-order valence-corrected chi connectivity index (χ1v) is 37.8. The molecule has 107 heavy (non-hydrogen) atoms. The highest BCUT2D eigenvalue weighted by Gasteiger charge is 2.39. The molecule has 39 heteroatoms. The number of benzene rings is 3. The zero-order valence-electron chi connectivity index (χ0n) is 58.5. The van der Waals surface area contributed by atoms with Gasteiger partial charge in [-0.2, -0.15) is 0 Å². The van der Waals surface area contributed by atoms with Crippen molar-refractivity contribution in [2.45, 2.75) is 151 Å². The number of aromatic amines is 1. The number of hydrogen-bond donors (Lipinski definition) is 19. The van der Waals surface area contributed by atoms with Gasteiger partial charge in [-0.25, -0.2) is 0 Å². The Balaban J connectivity index is 1.44. The average molecular weight is 1570 g/mol. The van der Waals surface area contributed by atoms with Gasteiger partial charge in [0.05, 0.1) is 16.6 Å². The normalized spacial score (nSPS) is 21.3. The van der Waals surface area contributed by atoms with Crippen LogP contribution in [0.4, 0.5) is 0 Å². The van der Waals surface area contributed by atoms with Gasteiger partial charge in [0.2, 0.25) is 76.8 Å². The number of aromatic nitrogens is 1. The van der Waals surface area contributed by atoms with E-state index in [0.29, 0.717) is 47.7 Å². The standard InChI is InChI=1S/C68H93Cl2N19O16S2/c69-42-11-5-9-38(57(42)70)30-48-64(102)82-44(13-6-26-78-68(75)76)60(98)77-27-23-53(92)80-45(18-20-52(73)91)61(99)84-49(31-39-32-79-43-12-4-3-10-41(39)43)65(103)83-46(19-21-56(95)96)62(100)86-50(59(74)97)34-106-107-35-51(66(104)88-58(67(105)85-48)37-7-1-2-8-37)87-63(101)47(29-36-14-16-40(90)17-15-36)81-54(93)33-89(28-25-72)55(94)22-24-71/h3-5,9-12,14-17,32,37,44-51,58,79,90H,1-2,6-8,13,18-31,33-35,71-72H2,(H2,73,91)(H2,74,97)(H,77,98)(H,80,92)(H,81,93)(H,82,102)(H,83,103)(H,84,99)(H,85,105)(H,86,100)(H,87,101)(H,88,104)(H,95,96)(H4,75,76,78)/t44-,45-,46-,47-,48-,49-,50+,51-,58-/m0/s1. The molecule has 13 amide bonds. The average Bonchev–Trinajstić information content (AvgIpc) is 1.77. The van der Waals surface area contributed by atoms with E-state index in [1.807, 2.05) is 0 Å². The second kappa shape index (κ2) is 43.6. The summed E-state index contributed by atoms with van der Waals surface area (Å²) in [5.74, 6) is -15.4. The summed E-state index contributed by atoms with van der Waals surface area (Å²) in [4.78, 5) is 205. The number of nitrogens with zero attached hydrogens (tertiary/aromatic N) is 2. The van der Waals surface area contributed by atoms with E-state index in [1.165, 1.54) is 36.4 Å². The van der Waals surface area contributed by atoms with Gasteiger partial charge >= 0.3 is 5.97 Å². The highest BCUT2D eigenvalue weighted by Crippen LogP contribution is 2.31. The molecule has 35 nitrogen and oxygen atoms in total. The molecular formula is C68H93Cl2N19O16S2. The Labute approximate surface area is 633 Å². The van der Waals surface area contributed by atoms with Crippen LogP contribution < -0.4 is 87.6 Å². The van der Waals surface area contributed by atoms with Gasteiger partial charge in [-0.1, -0.05) is 100 Å². The van der Waals surface area contributed by atoms with Gasteiger partial charge in [0.1, 0.15) is 60.1 Å². The summed E-state index contributed by atoms with van der Waals surface area (Å²) < 4.78 is 0. The number of hydrogen-bond acceptors (Lipinski definition) is 20. The number of para-hydroxylation sites is 1. The van der Waals surface area contributed by atoms with Crippen molar-refractivity contribution < 1.29 is 77.3 Å². The molecule has 2 fully saturated rings. The number of guanidine groups is 1. The number of phenols is 1. The predicted octanol–water partition coefficient (Wildman–Crippen LogP) is -2.53. The maximum atomic E-state index is 15.3. The van der Waals surface area contributed by atoms with Crippen molar-refractivity contribution >= 4 is 144 Å². The van der Waals surface area contributed by atoms with E-state index < -0.39 is 200 Å². The number of H-pyrrole nitrogens is 1. The monoisotopic (exact) mass is 1570 g/mol. The number of rotatable bonds is 27. The van der Waals surface area contributed by atoms with Gasteiger partial charge in [0.15, 0.2) is 5.96 Å². The van der Waals surface area contributed by atoms with E-state index in [4.69, 9.17) is 57.6 Å². The minimum absolute atomic E-state index is 0.00581. The van der Waals surface area contributed by atoms with Crippen molar-refractivity contribution in [1.29, 1.82) is 0 Å². The number of aromatic hydroxyl groups is 1. The Kier molecular flexibility index (Phi) is 35.0. The third-order valence-corrected chi connectivity index (χ3v) is 20.7. The Hall–Kier alpha value is -9.95. The quantitative estimate of drug-likeness (QED) is 0.0127. The lowest BCUT2D eigenvalue weighted by atomic mass is 9.95. The molecule has 0 spiro atoms. The number of halogens is 2. The number of primary amides is 2. The summed E-state index contributed by atoms with van der Waals surface area (Å²) in [5, 5.41) is 46.9. The Morgan fingerprint density at radius 2 is 1.27 bits per heavy atom. The number of aliphatic carboxylic acids is 1. The molecule has 9 atom stereocenters. The lowest BCUT2D eigenvalue weighted by Crippen LogP contribution is -2.61. The number of nitrogens with one attached hydrogen (secondary N) is 11. The van der Waals surface area contributed by atoms with E-state index in [2.05, 4.69) is 63.1 Å². The number of carboxylic acid groups (broad SMARTS) is 1. The molecule has 0 unspecified atom stereocenters. The fourth-order valence-corrected chi connectivity index (χ4v) is 14.6. The van der Waals surface area contributed by atoms with Crippen LogP contribution in [0.15, 0.2) is 77.9 Å². The van der Waals surface area contributed by atoms with E-state index in [1.54, 1.807) is 36.5 Å². The smallest absolute Gasteiger partial charge is 0.303 e. The lowest BCUT2D eigenvalue weighted by molar-refractivity contribution is -0.138. The third-order valence-electron chi connectivity index (χ3n) is 17.4. The first-order chi connectivity index (χ1) is 51.0. The SMILES string of the molecule is NCCC(=O)N(CCN)CC(=O)N[C@@H](Cc1ccc(O)cc1)C(=O)N[C@H]1CSSC[C@H](C(N)=O)NC(=O)[C@H](CCC(=O)O)NC(=O)[C@H](Cc2c[nH]c3ccccc23)NC(=O)[C@H](CCC(N)=O)NC(=O)CCNC(=O)[C@H](CCCN=C(N)N)NC(=O)[C@H](Cc2cccc(Cl)c2Cl)NC(=O)[C@H](C2CCCC2)NC1=O. The van der Waals surface area contributed by atoms with Crippen molar-refractivity contribution in [2.75, 3.05) is 50.8 Å². The molecular weight excluding hydrogens is 1470 g/mol. The van der Waals surface area contributed by atoms with Crippen LogP contribution in [0.2, 0.25) is 10.0 Å². The summed E-state index contributed by atoms with van der Waals surface area (Å²) in [6.07, 6.45) is -0.404. The first-order valence-electron chi connectivity index (χ1n) is 34.6. The van der Waals surface area contributed by atoms with Crippen LogP contribution in [0.3, 0.4) is 0 Å². The largest absolute Gasteiger partial charge is 0.508 e. The lowest BCUT2D eigenvalue weighted by Gasteiger charge is -2.30. The number of nitrogens with two attached hydrogens (primary N) is 6. The molecule has 1 aromatic heterocycles. The molecule has 0 bridgehead atoms. The van der Waals surface area contributed by atoms with Crippen LogP contribution >= 0.6 is 44.8 Å². The van der Waals surface area contributed by atoms with Gasteiger partial charge in [-0.05, 0) is 85.4 Å². The molecule has 2 aliphatic rings. The molecule has 25 N–H and O–H groups in total. The van der Waals surface area contributed by atoms with Crippen molar-refractivity contribution in [1.82, 2.24) is 63.1 Å². The van der Waals surface area contributed by atoms with E-state index >= 15 is 9.59 Å². The van der Waals surface area contributed by atoms with Gasteiger partial charge in [0, 0.05) is 106 Å². The molecule has 1 aliphatic heterocycles. The molecule has 2 heterocycles. The van der Waals surface area contributed by atoms with Gasteiger partial charge in [-0.3, -0.25) is 72.1 Å². The summed E-state index contributed by atoms with van der Waals surface area (Å²) in [6.45, 7) is -1.20. The highest BCUT2D eigenvalue weighted by molar-refractivity contribution is 8.76.